The second-order valence-electron chi connectivity index (χ2n) is 4.29. The second-order valence-corrected chi connectivity index (χ2v) is 4.29. The summed E-state index contributed by atoms with van der Waals surface area (Å²) in [5, 5.41) is 2.57. The fourth-order valence-electron chi connectivity index (χ4n) is 1.71. The molecule has 0 aliphatic rings. The van der Waals surface area contributed by atoms with Gasteiger partial charge in [0.1, 0.15) is 6.10 Å². The molecule has 0 radical (unpaired) electrons. The number of hydrogen-bond donors (Lipinski definition) is 1. The van der Waals surface area contributed by atoms with Crippen LogP contribution in [0.25, 0.3) is 0 Å². The van der Waals surface area contributed by atoms with Gasteiger partial charge < -0.3 is 10.1 Å². The van der Waals surface area contributed by atoms with E-state index in [0.717, 1.165) is 19.3 Å². The number of hydrogen-bond acceptors (Lipinski definition) is 3. The van der Waals surface area contributed by atoms with E-state index in [2.05, 4.69) is 12.2 Å². The number of rotatable bonds is 9. The summed E-state index contributed by atoms with van der Waals surface area (Å²) in [5.74, 6) is -0.266. The van der Waals surface area contributed by atoms with Gasteiger partial charge >= 0.3 is 5.97 Å². The first-order chi connectivity index (χ1) is 8.10. The molecule has 0 aromatic carbocycles. The number of carbonyl (C=O) groups excluding carboxylic acids is 2. The molecule has 0 aliphatic heterocycles. The maximum atomic E-state index is 11.1. The summed E-state index contributed by atoms with van der Waals surface area (Å²) in [4.78, 5) is 22.1. The van der Waals surface area contributed by atoms with Crippen LogP contribution < -0.4 is 5.32 Å². The van der Waals surface area contributed by atoms with Crippen LogP contribution in [0.2, 0.25) is 0 Å². The molecule has 0 fully saturated rings. The third-order valence-electron chi connectivity index (χ3n) is 2.68. The fourth-order valence-corrected chi connectivity index (χ4v) is 1.71. The molecule has 5 heteroatoms. The van der Waals surface area contributed by atoms with E-state index in [9.17, 15) is 9.59 Å². The molecule has 1 N–H and O–H groups in total. The Labute approximate surface area is 117 Å². The summed E-state index contributed by atoms with van der Waals surface area (Å²) in [6.45, 7) is 3.58. The van der Waals surface area contributed by atoms with Crippen LogP contribution in [0.5, 0.6) is 0 Å². The van der Waals surface area contributed by atoms with Crippen molar-refractivity contribution in [3.05, 3.63) is 0 Å². The number of ether oxygens (including phenoxy) is 1. The van der Waals surface area contributed by atoms with Gasteiger partial charge in [0.15, 0.2) is 0 Å². The van der Waals surface area contributed by atoms with Crippen molar-refractivity contribution in [1.29, 1.82) is 0 Å². The third kappa shape index (κ3) is 11.8. The van der Waals surface area contributed by atoms with E-state index in [0.29, 0.717) is 12.8 Å². The first kappa shape index (κ1) is 19.6. The van der Waals surface area contributed by atoms with Crippen molar-refractivity contribution in [2.24, 2.45) is 0 Å². The van der Waals surface area contributed by atoms with Gasteiger partial charge in [-0.15, -0.1) is 0 Å². The summed E-state index contributed by atoms with van der Waals surface area (Å²) in [5.41, 5.74) is 0. The Morgan fingerprint density at radius 2 is 1.83 bits per heavy atom. The molecule has 0 spiro atoms. The highest BCUT2D eigenvalue weighted by Crippen LogP contribution is 2.13. The van der Waals surface area contributed by atoms with E-state index in [1.807, 2.05) is 0 Å². The molecular formula is C13H27NO3S. The molecular weight excluding hydrogens is 250 g/mol. The van der Waals surface area contributed by atoms with Crippen molar-refractivity contribution in [2.75, 3.05) is 7.05 Å². The van der Waals surface area contributed by atoms with E-state index in [1.54, 1.807) is 7.05 Å². The molecule has 0 aromatic rings. The van der Waals surface area contributed by atoms with E-state index < -0.39 is 0 Å². The summed E-state index contributed by atoms with van der Waals surface area (Å²) in [6, 6.07) is 0. The van der Waals surface area contributed by atoms with Crippen LogP contribution in [0.4, 0.5) is 0 Å². The largest absolute Gasteiger partial charge is 0.463 e. The average molecular weight is 277 g/mol. The lowest BCUT2D eigenvalue weighted by molar-refractivity contribution is -0.147. The molecule has 0 aliphatic carbocycles. The molecule has 0 aromatic heterocycles. The average Bonchev–Trinajstić information content (AvgIpc) is 2.30. The lowest BCUT2D eigenvalue weighted by atomic mass is 10.1. The van der Waals surface area contributed by atoms with Crippen LogP contribution >= 0.6 is 13.5 Å². The van der Waals surface area contributed by atoms with Gasteiger partial charge in [0.05, 0.1) is 0 Å². The highest BCUT2D eigenvalue weighted by molar-refractivity contribution is 7.59. The number of esters is 1. The minimum absolute atomic E-state index is 0. The summed E-state index contributed by atoms with van der Waals surface area (Å²) >= 11 is 0. The van der Waals surface area contributed by atoms with E-state index in [-0.39, 0.29) is 31.5 Å². The van der Waals surface area contributed by atoms with Crippen molar-refractivity contribution >= 4 is 25.4 Å². The van der Waals surface area contributed by atoms with Crippen LogP contribution in [0, 0.1) is 0 Å². The Balaban J connectivity index is 0. The predicted molar refractivity (Wildman–Crippen MR) is 78.0 cm³/mol. The zero-order valence-corrected chi connectivity index (χ0v) is 12.8. The highest BCUT2D eigenvalue weighted by Gasteiger charge is 2.13. The van der Waals surface area contributed by atoms with Gasteiger partial charge in [-0.1, -0.05) is 26.2 Å². The van der Waals surface area contributed by atoms with Gasteiger partial charge in [-0.25, -0.2) is 0 Å². The maximum Gasteiger partial charge on any atom is 0.302 e. The molecule has 0 bridgehead atoms. The maximum absolute atomic E-state index is 11.1. The Hall–Kier alpha value is -0.710. The fraction of sp³-hybridized carbons (Fsp3) is 0.846. The first-order valence-corrected chi connectivity index (χ1v) is 6.48. The molecule has 4 nitrogen and oxygen atoms in total. The van der Waals surface area contributed by atoms with Crippen molar-refractivity contribution in [2.45, 2.75) is 64.9 Å². The number of carbonyl (C=O) groups is 2. The van der Waals surface area contributed by atoms with Crippen molar-refractivity contribution in [1.82, 2.24) is 5.32 Å². The van der Waals surface area contributed by atoms with E-state index >= 15 is 0 Å². The summed E-state index contributed by atoms with van der Waals surface area (Å²) in [6.07, 6.45) is 6.40. The Morgan fingerprint density at radius 1 is 1.17 bits per heavy atom. The number of unbranched alkanes of at least 4 members (excludes halogenated alkanes) is 3. The van der Waals surface area contributed by atoms with Crippen LogP contribution in [0.1, 0.15) is 58.8 Å². The molecule has 1 amide bonds. The van der Waals surface area contributed by atoms with Gasteiger partial charge in [-0.2, -0.15) is 13.5 Å². The van der Waals surface area contributed by atoms with Crippen LogP contribution in [-0.2, 0) is 14.3 Å². The molecule has 0 saturated heterocycles. The smallest absolute Gasteiger partial charge is 0.302 e. The standard InChI is InChI=1S/C13H25NO3.H2S/c1-4-5-6-7-8-12(17-11(2)15)9-10-13(16)14-3;/h12H,4-10H2,1-3H3,(H,14,16);1H2/t12-;/m0./s1. The number of amides is 1. The Bertz CT molecular complexity index is 234. The molecule has 0 saturated carbocycles. The van der Waals surface area contributed by atoms with E-state index in [4.69, 9.17) is 4.74 Å². The zero-order valence-electron chi connectivity index (χ0n) is 11.8. The normalized spacial score (nSPS) is 11.3. The molecule has 0 heterocycles. The van der Waals surface area contributed by atoms with E-state index in [1.165, 1.54) is 19.8 Å². The minimum atomic E-state index is -0.262. The summed E-state index contributed by atoms with van der Waals surface area (Å²) in [7, 11) is 1.62. The number of nitrogens with one attached hydrogen (secondary N) is 1. The van der Waals surface area contributed by atoms with Crippen LogP contribution in [0.15, 0.2) is 0 Å². The van der Waals surface area contributed by atoms with Gasteiger partial charge in [0, 0.05) is 20.4 Å². The quantitative estimate of drug-likeness (QED) is 0.520. The first-order valence-electron chi connectivity index (χ1n) is 6.48. The summed E-state index contributed by atoms with van der Waals surface area (Å²) < 4.78 is 5.21. The second kappa shape index (κ2) is 12.7. The van der Waals surface area contributed by atoms with Crippen molar-refractivity contribution in [3.63, 3.8) is 0 Å². The Kier molecular flexibility index (Phi) is 13.9. The lowest BCUT2D eigenvalue weighted by Gasteiger charge is -2.16. The van der Waals surface area contributed by atoms with Gasteiger partial charge in [0.2, 0.25) is 5.91 Å². The lowest BCUT2D eigenvalue weighted by Crippen LogP contribution is -2.22. The van der Waals surface area contributed by atoms with Crippen LogP contribution in [0.3, 0.4) is 0 Å². The third-order valence-corrected chi connectivity index (χ3v) is 2.68. The SMILES string of the molecule is CCCCCC[C@@H](CCC(=O)NC)OC(C)=O.S. The topological polar surface area (TPSA) is 55.4 Å². The zero-order chi connectivity index (χ0) is 13.1. The Morgan fingerprint density at radius 3 is 2.33 bits per heavy atom. The van der Waals surface area contributed by atoms with Crippen molar-refractivity contribution in [3.8, 4) is 0 Å². The van der Waals surface area contributed by atoms with Gasteiger partial charge in [0.25, 0.3) is 0 Å². The van der Waals surface area contributed by atoms with Crippen molar-refractivity contribution < 1.29 is 14.3 Å². The van der Waals surface area contributed by atoms with Gasteiger partial charge in [-0.05, 0) is 19.3 Å². The minimum Gasteiger partial charge on any atom is -0.463 e. The van der Waals surface area contributed by atoms with Gasteiger partial charge in [-0.3, -0.25) is 9.59 Å². The van der Waals surface area contributed by atoms with Crippen LogP contribution in [-0.4, -0.2) is 25.0 Å². The molecule has 108 valence electrons. The molecule has 0 rings (SSSR count). The molecule has 18 heavy (non-hydrogen) atoms. The molecule has 0 unspecified atom stereocenters. The predicted octanol–water partition coefficient (Wildman–Crippen LogP) is 2.53. The highest BCUT2D eigenvalue weighted by atomic mass is 32.1. The monoisotopic (exact) mass is 277 g/mol. The molecule has 1 atom stereocenters.